The first-order chi connectivity index (χ1) is 12.3. The van der Waals surface area contributed by atoms with E-state index in [1.165, 1.54) is 6.92 Å². The highest BCUT2D eigenvalue weighted by molar-refractivity contribution is 7.88. The minimum atomic E-state index is -3.48. The molecule has 0 saturated carbocycles. The minimum Gasteiger partial charge on any atom is -0.378 e. The van der Waals surface area contributed by atoms with Gasteiger partial charge in [-0.3, -0.25) is 9.48 Å². The summed E-state index contributed by atoms with van der Waals surface area (Å²) in [6, 6.07) is 4.97. The molecule has 0 bridgehead atoms. The maximum Gasteiger partial charge on any atom is 0.243 e. The molecule has 1 aliphatic rings. The molecule has 0 radical (unpaired) electrons. The Bertz CT molecular complexity index is 918. The van der Waals surface area contributed by atoms with E-state index in [0.717, 1.165) is 35.9 Å². The molecule has 1 fully saturated rings. The van der Waals surface area contributed by atoms with Crippen molar-refractivity contribution in [3.63, 3.8) is 0 Å². The van der Waals surface area contributed by atoms with Gasteiger partial charge in [0.1, 0.15) is 0 Å². The van der Waals surface area contributed by atoms with Gasteiger partial charge in [0.2, 0.25) is 15.9 Å². The molecule has 1 aromatic heterocycles. The fourth-order valence-corrected chi connectivity index (χ4v) is 3.80. The molecule has 1 unspecified atom stereocenters. The monoisotopic (exact) mass is 381 g/mol. The number of aryl methyl sites for hydroxylation is 1. The van der Waals surface area contributed by atoms with E-state index in [1.54, 1.807) is 11.7 Å². The number of aromatic nitrogens is 2. The van der Waals surface area contributed by atoms with Crippen molar-refractivity contribution in [1.82, 2.24) is 14.5 Å². The molecule has 1 saturated heterocycles. The van der Waals surface area contributed by atoms with E-state index >= 15 is 0 Å². The van der Waals surface area contributed by atoms with Crippen molar-refractivity contribution in [3.05, 3.63) is 18.2 Å². The lowest BCUT2D eigenvalue weighted by Crippen LogP contribution is -2.41. The Labute approximate surface area is 152 Å². The highest BCUT2D eigenvalue weighted by Gasteiger charge is 2.23. The molecule has 0 aliphatic carbocycles. The summed E-state index contributed by atoms with van der Waals surface area (Å²) in [6.45, 7) is 4.30. The average Bonchev–Trinajstić information content (AvgIpc) is 2.90. The molecule has 26 heavy (non-hydrogen) atoms. The van der Waals surface area contributed by atoms with Crippen molar-refractivity contribution in [3.8, 4) is 0 Å². The normalized spacial score (nSPS) is 16.7. The standard InChI is InChI=1S/C16H23N5O4S/c1-11(19-26(3,23)24)16(22)17-15-14-12(20(2)18-15)5-4-6-13(14)21-7-9-25-10-8-21/h4-6,11,19H,7-10H2,1-3H3,(H,17,18,22). The van der Waals surface area contributed by atoms with E-state index in [2.05, 4.69) is 20.0 Å². The summed E-state index contributed by atoms with van der Waals surface area (Å²) in [7, 11) is -1.68. The van der Waals surface area contributed by atoms with Crippen molar-refractivity contribution >= 4 is 38.3 Å². The van der Waals surface area contributed by atoms with Gasteiger partial charge >= 0.3 is 0 Å². The molecule has 1 aliphatic heterocycles. The average molecular weight is 381 g/mol. The smallest absolute Gasteiger partial charge is 0.243 e. The highest BCUT2D eigenvalue weighted by Crippen LogP contribution is 2.33. The van der Waals surface area contributed by atoms with Crippen LogP contribution in [0, 0.1) is 0 Å². The molecular formula is C16H23N5O4S. The summed E-state index contributed by atoms with van der Waals surface area (Å²) < 4.78 is 32.1. The number of sulfonamides is 1. The van der Waals surface area contributed by atoms with Crippen LogP contribution in [-0.2, 0) is 26.6 Å². The molecule has 2 aromatic rings. The van der Waals surface area contributed by atoms with Crippen LogP contribution in [0.4, 0.5) is 11.5 Å². The first-order valence-electron chi connectivity index (χ1n) is 8.33. The van der Waals surface area contributed by atoms with Gasteiger partial charge in [0.25, 0.3) is 0 Å². The fourth-order valence-electron chi connectivity index (χ4n) is 3.05. The third-order valence-corrected chi connectivity index (χ3v) is 5.02. The number of anilines is 2. The largest absolute Gasteiger partial charge is 0.378 e. The van der Waals surface area contributed by atoms with Gasteiger partial charge in [-0.2, -0.15) is 5.10 Å². The lowest BCUT2D eigenvalue weighted by molar-refractivity contribution is -0.117. The summed E-state index contributed by atoms with van der Waals surface area (Å²) in [6.07, 6.45) is 1.02. The van der Waals surface area contributed by atoms with Crippen molar-refractivity contribution in [1.29, 1.82) is 0 Å². The van der Waals surface area contributed by atoms with E-state index in [4.69, 9.17) is 4.74 Å². The molecule has 10 heteroatoms. The topological polar surface area (TPSA) is 106 Å². The van der Waals surface area contributed by atoms with Crippen LogP contribution in [0.3, 0.4) is 0 Å². The van der Waals surface area contributed by atoms with Gasteiger partial charge in [-0.15, -0.1) is 0 Å². The van der Waals surface area contributed by atoms with Crippen LogP contribution in [0.1, 0.15) is 6.92 Å². The number of carbonyl (C=O) groups excluding carboxylic acids is 1. The quantitative estimate of drug-likeness (QED) is 0.771. The van der Waals surface area contributed by atoms with E-state index in [0.29, 0.717) is 19.0 Å². The van der Waals surface area contributed by atoms with Crippen LogP contribution < -0.4 is 14.9 Å². The van der Waals surface area contributed by atoms with Gasteiger partial charge in [-0.1, -0.05) is 6.07 Å². The third kappa shape index (κ3) is 3.97. The predicted octanol–water partition coefficient (Wildman–Crippen LogP) is 0.286. The van der Waals surface area contributed by atoms with Crippen molar-refractivity contribution in [2.75, 3.05) is 42.8 Å². The van der Waals surface area contributed by atoms with E-state index in [1.807, 2.05) is 18.2 Å². The zero-order valence-corrected chi connectivity index (χ0v) is 15.8. The minimum absolute atomic E-state index is 0.414. The number of carbonyl (C=O) groups is 1. The Kier molecular flexibility index (Phi) is 5.17. The molecule has 2 N–H and O–H groups in total. The molecule has 142 valence electrons. The maximum absolute atomic E-state index is 12.4. The number of amides is 1. The summed E-state index contributed by atoms with van der Waals surface area (Å²) in [5, 5.41) is 8.00. The van der Waals surface area contributed by atoms with Crippen molar-refractivity contribution in [2.24, 2.45) is 7.05 Å². The molecular weight excluding hydrogens is 358 g/mol. The molecule has 1 aromatic carbocycles. The molecule has 3 rings (SSSR count). The number of rotatable bonds is 5. The summed E-state index contributed by atoms with van der Waals surface area (Å²) in [5.74, 6) is -0.0519. The number of ether oxygens (including phenoxy) is 1. The fraction of sp³-hybridized carbons (Fsp3) is 0.500. The lowest BCUT2D eigenvalue weighted by Gasteiger charge is -2.29. The zero-order chi connectivity index (χ0) is 18.9. The first-order valence-corrected chi connectivity index (χ1v) is 10.2. The Morgan fingerprint density at radius 1 is 1.31 bits per heavy atom. The molecule has 1 amide bonds. The van der Waals surface area contributed by atoms with Crippen LogP contribution in [-0.4, -0.2) is 62.7 Å². The Balaban J connectivity index is 1.94. The predicted molar refractivity (Wildman–Crippen MR) is 99.8 cm³/mol. The van der Waals surface area contributed by atoms with Gasteiger partial charge in [0, 0.05) is 20.1 Å². The molecule has 2 heterocycles. The highest BCUT2D eigenvalue weighted by atomic mass is 32.2. The maximum atomic E-state index is 12.4. The van der Waals surface area contributed by atoms with Crippen LogP contribution >= 0.6 is 0 Å². The van der Waals surface area contributed by atoms with Gasteiger partial charge < -0.3 is 15.0 Å². The summed E-state index contributed by atoms with van der Waals surface area (Å²) >= 11 is 0. The summed E-state index contributed by atoms with van der Waals surface area (Å²) in [4.78, 5) is 14.6. The lowest BCUT2D eigenvalue weighted by atomic mass is 10.1. The zero-order valence-electron chi connectivity index (χ0n) is 15.0. The van der Waals surface area contributed by atoms with Crippen molar-refractivity contribution < 1.29 is 17.9 Å². The van der Waals surface area contributed by atoms with E-state index in [9.17, 15) is 13.2 Å². The van der Waals surface area contributed by atoms with Crippen LogP contribution in [0.25, 0.3) is 10.9 Å². The second kappa shape index (κ2) is 7.22. The Morgan fingerprint density at radius 3 is 2.65 bits per heavy atom. The van der Waals surface area contributed by atoms with Crippen LogP contribution in [0.15, 0.2) is 18.2 Å². The number of hydrogen-bond donors (Lipinski definition) is 2. The van der Waals surface area contributed by atoms with E-state index in [-0.39, 0.29) is 0 Å². The third-order valence-electron chi connectivity index (χ3n) is 4.23. The van der Waals surface area contributed by atoms with Gasteiger partial charge in [0.15, 0.2) is 5.82 Å². The number of nitrogens with one attached hydrogen (secondary N) is 2. The number of benzene rings is 1. The number of fused-ring (bicyclic) bond motifs is 1. The van der Waals surface area contributed by atoms with Gasteiger partial charge in [-0.05, 0) is 19.1 Å². The molecule has 1 atom stereocenters. The molecule has 9 nitrogen and oxygen atoms in total. The van der Waals surface area contributed by atoms with E-state index < -0.39 is 22.0 Å². The second-order valence-electron chi connectivity index (χ2n) is 6.34. The van der Waals surface area contributed by atoms with Gasteiger partial charge in [-0.25, -0.2) is 13.1 Å². The number of hydrogen-bond acceptors (Lipinski definition) is 6. The van der Waals surface area contributed by atoms with Crippen LogP contribution in [0.2, 0.25) is 0 Å². The SMILES string of the molecule is CC(NS(C)(=O)=O)C(=O)Nc1nn(C)c2cccc(N3CCOCC3)c12. The molecule has 0 spiro atoms. The Morgan fingerprint density at radius 2 is 2.00 bits per heavy atom. The van der Waals surface area contributed by atoms with Crippen molar-refractivity contribution in [2.45, 2.75) is 13.0 Å². The second-order valence-corrected chi connectivity index (χ2v) is 8.12. The van der Waals surface area contributed by atoms with Gasteiger partial charge in [0.05, 0.1) is 42.1 Å². The number of nitrogens with zero attached hydrogens (tertiary/aromatic N) is 3. The summed E-state index contributed by atoms with van der Waals surface area (Å²) in [5.41, 5.74) is 1.85. The van der Waals surface area contributed by atoms with Crippen LogP contribution in [0.5, 0.6) is 0 Å². The Hall–Kier alpha value is -2.17. The first kappa shape index (κ1) is 18.6. The number of morpholine rings is 1.